The molecule has 0 atom stereocenters. The van der Waals surface area contributed by atoms with Gasteiger partial charge in [0.2, 0.25) is 0 Å². The first-order chi connectivity index (χ1) is 9.88. The normalized spacial score (nSPS) is 10.2. The van der Waals surface area contributed by atoms with Crippen LogP contribution in [0.25, 0.3) is 5.69 Å². The van der Waals surface area contributed by atoms with Crippen LogP contribution < -0.4 is 9.47 Å². The van der Waals surface area contributed by atoms with E-state index in [2.05, 4.69) is 15.5 Å². The van der Waals surface area contributed by atoms with E-state index in [9.17, 15) is 0 Å². The van der Waals surface area contributed by atoms with Gasteiger partial charge < -0.3 is 9.47 Å². The number of ether oxygens (including phenoxy) is 2. The monoisotopic (exact) mass is 268 g/mol. The van der Waals surface area contributed by atoms with E-state index in [4.69, 9.17) is 9.47 Å². The number of para-hydroxylation sites is 4. The van der Waals surface area contributed by atoms with Crippen LogP contribution >= 0.6 is 0 Å². The van der Waals surface area contributed by atoms with Gasteiger partial charge in [-0.05, 0) is 34.7 Å². The van der Waals surface area contributed by atoms with E-state index in [1.54, 1.807) is 11.8 Å². The van der Waals surface area contributed by atoms with Gasteiger partial charge in [-0.1, -0.05) is 24.3 Å². The van der Waals surface area contributed by atoms with Crippen molar-refractivity contribution in [3.63, 3.8) is 0 Å². The van der Waals surface area contributed by atoms with E-state index in [0.29, 0.717) is 17.2 Å². The lowest BCUT2D eigenvalue weighted by atomic mass is 10.3. The van der Waals surface area contributed by atoms with Crippen LogP contribution in [0, 0.1) is 0 Å². The van der Waals surface area contributed by atoms with Gasteiger partial charge in [0.15, 0.2) is 17.2 Å². The molecule has 0 saturated carbocycles. The Labute approximate surface area is 115 Å². The molecule has 0 aliphatic carbocycles. The summed E-state index contributed by atoms with van der Waals surface area (Å²) in [6.45, 7) is 0. The first kappa shape index (κ1) is 12.2. The minimum atomic E-state index is 0.635. The van der Waals surface area contributed by atoms with Crippen LogP contribution in [0.3, 0.4) is 0 Å². The zero-order valence-electron chi connectivity index (χ0n) is 10.8. The van der Waals surface area contributed by atoms with Gasteiger partial charge in [-0.3, -0.25) is 0 Å². The van der Waals surface area contributed by atoms with Crippen LogP contribution in [0.2, 0.25) is 0 Å². The summed E-state index contributed by atoms with van der Waals surface area (Å²) in [6, 6.07) is 15.0. The van der Waals surface area contributed by atoms with Crippen LogP contribution in [0.5, 0.6) is 17.2 Å². The third-order valence-electron chi connectivity index (χ3n) is 2.75. The van der Waals surface area contributed by atoms with Crippen molar-refractivity contribution in [3.8, 4) is 22.9 Å². The van der Waals surface area contributed by atoms with E-state index < -0.39 is 0 Å². The lowest BCUT2D eigenvalue weighted by molar-refractivity contribution is 0.378. The molecule has 6 heteroatoms. The zero-order valence-corrected chi connectivity index (χ0v) is 10.8. The summed E-state index contributed by atoms with van der Waals surface area (Å²) in [7, 11) is 1.61. The molecular formula is C14H12N4O2. The van der Waals surface area contributed by atoms with Gasteiger partial charge in [-0.25, -0.2) is 0 Å². The molecule has 0 fully saturated rings. The van der Waals surface area contributed by atoms with Crippen LogP contribution in [0.1, 0.15) is 0 Å². The summed E-state index contributed by atoms with van der Waals surface area (Å²) in [5.74, 6) is 1.94. The molecule has 0 aliphatic rings. The molecule has 3 aromatic rings. The molecular weight excluding hydrogens is 256 g/mol. The largest absolute Gasteiger partial charge is 0.493 e. The van der Waals surface area contributed by atoms with Gasteiger partial charge in [0.25, 0.3) is 0 Å². The first-order valence-electron chi connectivity index (χ1n) is 6.02. The summed E-state index contributed by atoms with van der Waals surface area (Å²) in [5, 5.41) is 11.1. The second-order valence-corrected chi connectivity index (χ2v) is 3.98. The fraction of sp³-hybridized carbons (Fsp3) is 0.0714. The standard InChI is InChI=1S/C14H12N4O2/c1-19-13-8-4-5-9-14(13)20-12-7-3-2-6-11(12)18-10-15-16-17-18/h2-10H,1H3. The second kappa shape index (κ2) is 5.40. The van der Waals surface area contributed by atoms with Crippen LogP contribution in [0.4, 0.5) is 0 Å². The highest BCUT2D eigenvalue weighted by Crippen LogP contribution is 2.33. The minimum Gasteiger partial charge on any atom is -0.493 e. The van der Waals surface area contributed by atoms with Crippen molar-refractivity contribution in [3.05, 3.63) is 54.9 Å². The van der Waals surface area contributed by atoms with E-state index in [1.807, 2.05) is 48.5 Å². The SMILES string of the molecule is COc1ccccc1Oc1ccccc1-n1cnnn1. The molecule has 3 rings (SSSR count). The number of methoxy groups -OCH3 is 1. The van der Waals surface area contributed by atoms with Crippen molar-refractivity contribution < 1.29 is 9.47 Å². The number of nitrogens with zero attached hydrogens (tertiary/aromatic N) is 4. The molecule has 20 heavy (non-hydrogen) atoms. The maximum absolute atomic E-state index is 5.91. The Morgan fingerprint density at radius 2 is 1.60 bits per heavy atom. The Kier molecular flexibility index (Phi) is 3.28. The average Bonchev–Trinajstić information content (AvgIpc) is 3.02. The van der Waals surface area contributed by atoms with E-state index in [-0.39, 0.29) is 0 Å². The molecule has 0 saturated heterocycles. The van der Waals surface area contributed by atoms with Crippen LogP contribution in [-0.2, 0) is 0 Å². The second-order valence-electron chi connectivity index (χ2n) is 3.98. The van der Waals surface area contributed by atoms with Crippen molar-refractivity contribution in [2.75, 3.05) is 7.11 Å². The molecule has 0 bridgehead atoms. The summed E-state index contributed by atoms with van der Waals surface area (Å²) in [6.07, 6.45) is 1.52. The van der Waals surface area contributed by atoms with Gasteiger partial charge in [-0.15, -0.1) is 5.10 Å². The maximum atomic E-state index is 5.91. The smallest absolute Gasteiger partial charge is 0.169 e. The van der Waals surface area contributed by atoms with Gasteiger partial charge in [0.05, 0.1) is 7.11 Å². The quantitative estimate of drug-likeness (QED) is 0.727. The Morgan fingerprint density at radius 3 is 2.30 bits per heavy atom. The topological polar surface area (TPSA) is 62.1 Å². The number of aromatic nitrogens is 4. The first-order valence-corrected chi connectivity index (χ1v) is 6.02. The lowest BCUT2D eigenvalue weighted by Crippen LogP contribution is -1.99. The molecule has 0 N–H and O–H groups in total. The van der Waals surface area contributed by atoms with Gasteiger partial charge in [0.1, 0.15) is 12.0 Å². The molecule has 0 radical (unpaired) electrons. The fourth-order valence-corrected chi connectivity index (χ4v) is 1.83. The maximum Gasteiger partial charge on any atom is 0.169 e. The Morgan fingerprint density at radius 1 is 0.900 bits per heavy atom. The fourth-order valence-electron chi connectivity index (χ4n) is 1.83. The average molecular weight is 268 g/mol. The van der Waals surface area contributed by atoms with Gasteiger partial charge in [-0.2, -0.15) is 4.68 Å². The van der Waals surface area contributed by atoms with Crippen molar-refractivity contribution >= 4 is 0 Å². The lowest BCUT2D eigenvalue weighted by Gasteiger charge is -2.12. The number of tetrazole rings is 1. The predicted octanol–water partition coefficient (Wildman–Crippen LogP) is 2.46. The summed E-state index contributed by atoms with van der Waals surface area (Å²) < 4.78 is 12.7. The third kappa shape index (κ3) is 2.31. The van der Waals surface area contributed by atoms with Crippen LogP contribution in [0.15, 0.2) is 54.9 Å². The highest BCUT2D eigenvalue weighted by molar-refractivity contribution is 5.50. The highest BCUT2D eigenvalue weighted by atomic mass is 16.5. The van der Waals surface area contributed by atoms with E-state index >= 15 is 0 Å². The van der Waals surface area contributed by atoms with Gasteiger partial charge >= 0.3 is 0 Å². The van der Waals surface area contributed by atoms with E-state index in [1.165, 1.54) is 6.33 Å². The summed E-state index contributed by atoms with van der Waals surface area (Å²) in [4.78, 5) is 0. The molecule has 0 amide bonds. The number of hydrogen-bond donors (Lipinski definition) is 0. The number of rotatable bonds is 4. The molecule has 1 aromatic heterocycles. The van der Waals surface area contributed by atoms with Crippen molar-refractivity contribution in [1.29, 1.82) is 0 Å². The molecule has 6 nitrogen and oxygen atoms in total. The Balaban J connectivity index is 1.99. The highest BCUT2D eigenvalue weighted by Gasteiger charge is 2.10. The third-order valence-corrected chi connectivity index (χ3v) is 2.75. The molecule has 1 heterocycles. The molecule has 0 spiro atoms. The zero-order chi connectivity index (χ0) is 13.8. The van der Waals surface area contributed by atoms with Crippen LogP contribution in [-0.4, -0.2) is 27.3 Å². The van der Waals surface area contributed by atoms with Crippen molar-refractivity contribution in [1.82, 2.24) is 20.2 Å². The van der Waals surface area contributed by atoms with Crippen molar-refractivity contribution in [2.45, 2.75) is 0 Å². The minimum absolute atomic E-state index is 0.635. The summed E-state index contributed by atoms with van der Waals surface area (Å²) in [5.41, 5.74) is 0.753. The van der Waals surface area contributed by atoms with Gasteiger partial charge in [0, 0.05) is 0 Å². The molecule has 0 unspecified atom stereocenters. The predicted molar refractivity (Wildman–Crippen MR) is 72.2 cm³/mol. The van der Waals surface area contributed by atoms with E-state index in [0.717, 1.165) is 5.69 Å². The molecule has 0 aliphatic heterocycles. The number of benzene rings is 2. The molecule has 100 valence electrons. The number of hydrogen-bond acceptors (Lipinski definition) is 5. The summed E-state index contributed by atoms with van der Waals surface area (Å²) >= 11 is 0. The van der Waals surface area contributed by atoms with Crippen molar-refractivity contribution in [2.24, 2.45) is 0 Å². The Hall–Kier alpha value is -2.89. The molecule has 2 aromatic carbocycles. The Bertz CT molecular complexity index is 698.